The first-order chi connectivity index (χ1) is 10.4. The molecule has 8 heteroatoms. The SMILES string of the molecule is NCC(N)(c1ccc([N+](=O)[O-])cc1)c1ccc([N+](=O)[O-])cc1. The van der Waals surface area contributed by atoms with E-state index in [1.54, 1.807) is 0 Å². The van der Waals surface area contributed by atoms with E-state index in [1.807, 2.05) is 0 Å². The lowest BCUT2D eigenvalue weighted by Gasteiger charge is -2.29. The lowest BCUT2D eigenvalue weighted by molar-refractivity contribution is -0.385. The molecule has 2 aromatic rings. The number of nitrogens with zero attached hydrogens (tertiary/aromatic N) is 2. The van der Waals surface area contributed by atoms with Crippen molar-refractivity contribution in [2.24, 2.45) is 11.5 Å². The van der Waals surface area contributed by atoms with E-state index < -0.39 is 15.4 Å². The average molecular weight is 302 g/mol. The molecule has 0 heterocycles. The van der Waals surface area contributed by atoms with Gasteiger partial charge in [-0.1, -0.05) is 0 Å². The van der Waals surface area contributed by atoms with E-state index in [9.17, 15) is 20.2 Å². The van der Waals surface area contributed by atoms with Gasteiger partial charge >= 0.3 is 0 Å². The van der Waals surface area contributed by atoms with Crippen LogP contribution in [0.15, 0.2) is 48.5 Å². The molecule has 2 rings (SSSR count). The minimum Gasteiger partial charge on any atom is -0.328 e. The number of nitro benzene ring substituents is 2. The minimum absolute atomic E-state index is 0.0443. The van der Waals surface area contributed by atoms with Crippen molar-refractivity contribution in [2.45, 2.75) is 5.54 Å². The molecular formula is C14H14N4O4. The van der Waals surface area contributed by atoms with Crippen LogP contribution in [0.1, 0.15) is 11.1 Å². The zero-order chi connectivity index (χ0) is 16.3. The molecule has 4 N–H and O–H groups in total. The summed E-state index contributed by atoms with van der Waals surface area (Å²) >= 11 is 0. The van der Waals surface area contributed by atoms with Gasteiger partial charge in [0, 0.05) is 30.8 Å². The van der Waals surface area contributed by atoms with E-state index in [-0.39, 0.29) is 17.9 Å². The zero-order valence-electron chi connectivity index (χ0n) is 11.5. The Morgan fingerprint density at radius 1 is 0.818 bits per heavy atom. The monoisotopic (exact) mass is 302 g/mol. The van der Waals surface area contributed by atoms with Crippen molar-refractivity contribution in [1.82, 2.24) is 0 Å². The zero-order valence-corrected chi connectivity index (χ0v) is 11.5. The second-order valence-corrected chi connectivity index (χ2v) is 4.78. The van der Waals surface area contributed by atoms with Gasteiger partial charge in [0.05, 0.1) is 15.4 Å². The first-order valence-electron chi connectivity index (χ1n) is 6.37. The second kappa shape index (κ2) is 5.88. The van der Waals surface area contributed by atoms with Gasteiger partial charge < -0.3 is 11.5 Å². The van der Waals surface area contributed by atoms with Gasteiger partial charge in [-0.25, -0.2) is 0 Å². The maximum atomic E-state index is 10.7. The Morgan fingerprint density at radius 3 is 1.36 bits per heavy atom. The summed E-state index contributed by atoms with van der Waals surface area (Å²) < 4.78 is 0. The van der Waals surface area contributed by atoms with Crippen molar-refractivity contribution >= 4 is 11.4 Å². The summed E-state index contributed by atoms with van der Waals surface area (Å²) in [5.41, 5.74) is 12.1. The Kier molecular flexibility index (Phi) is 4.15. The summed E-state index contributed by atoms with van der Waals surface area (Å²) in [5.74, 6) is 0. The van der Waals surface area contributed by atoms with Gasteiger partial charge in [0.25, 0.3) is 11.4 Å². The lowest BCUT2D eigenvalue weighted by Crippen LogP contribution is -2.45. The highest BCUT2D eigenvalue weighted by Gasteiger charge is 2.29. The summed E-state index contributed by atoms with van der Waals surface area (Å²) in [6.45, 7) is 0.0443. The second-order valence-electron chi connectivity index (χ2n) is 4.78. The smallest absolute Gasteiger partial charge is 0.269 e. The van der Waals surface area contributed by atoms with Gasteiger partial charge in [-0.15, -0.1) is 0 Å². The maximum Gasteiger partial charge on any atom is 0.269 e. The number of benzene rings is 2. The van der Waals surface area contributed by atoms with Crippen molar-refractivity contribution in [3.05, 3.63) is 79.9 Å². The number of rotatable bonds is 5. The molecule has 0 spiro atoms. The molecule has 22 heavy (non-hydrogen) atoms. The highest BCUT2D eigenvalue weighted by Crippen LogP contribution is 2.28. The van der Waals surface area contributed by atoms with E-state index in [0.29, 0.717) is 11.1 Å². The molecule has 0 bridgehead atoms. The first kappa shape index (κ1) is 15.5. The number of nitro groups is 2. The summed E-state index contributed by atoms with van der Waals surface area (Å²) in [6.07, 6.45) is 0. The third-order valence-electron chi connectivity index (χ3n) is 3.51. The number of hydrogen-bond acceptors (Lipinski definition) is 6. The predicted octanol–water partition coefficient (Wildman–Crippen LogP) is 1.66. The minimum atomic E-state index is -1.08. The number of hydrogen-bond donors (Lipinski definition) is 2. The third-order valence-corrected chi connectivity index (χ3v) is 3.51. The van der Waals surface area contributed by atoms with E-state index in [1.165, 1.54) is 48.5 Å². The van der Waals surface area contributed by atoms with Crippen LogP contribution in [0.4, 0.5) is 11.4 Å². The highest BCUT2D eigenvalue weighted by molar-refractivity contribution is 5.45. The molecule has 0 saturated carbocycles. The molecule has 0 saturated heterocycles. The Hall–Kier alpha value is -2.84. The Morgan fingerprint density at radius 2 is 1.14 bits per heavy atom. The first-order valence-corrected chi connectivity index (χ1v) is 6.37. The van der Waals surface area contributed by atoms with Crippen LogP contribution in [0, 0.1) is 20.2 Å². The number of nitrogens with two attached hydrogens (primary N) is 2. The van der Waals surface area contributed by atoms with E-state index in [4.69, 9.17) is 11.5 Å². The Labute approximate surface area is 125 Å². The molecule has 0 radical (unpaired) electrons. The van der Waals surface area contributed by atoms with Crippen molar-refractivity contribution in [1.29, 1.82) is 0 Å². The van der Waals surface area contributed by atoms with Crippen LogP contribution in [0.2, 0.25) is 0 Å². The molecule has 2 aromatic carbocycles. The summed E-state index contributed by atoms with van der Waals surface area (Å²) in [4.78, 5) is 20.4. The van der Waals surface area contributed by atoms with Crippen molar-refractivity contribution in [3.8, 4) is 0 Å². The van der Waals surface area contributed by atoms with Crippen LogP contribution < -0.4 is 11.5 Å². The topological polar surface area (TPSA) is 138 Å². The highest BCUT2D eigenvalue weighted by atomic mass is 16.6. The summed E-state index contributed by atoms with van der Waals surface area (Å²) in [6, 6.07) is 11.5. The predicted molar refractivity (Wildman–Crippen MR) is 80.2 cm³/mol. The fourth-order valence-corrected chi connectivity index (χ4v) is 2.16. The van der Waals surface area contributed by atoms with Gasteiger partial charge in [0.1, 0.15) is 0 Å². The fourth-order valence-electron chi connectivity index (χ4n) is 2.16. The van der Waals surface area contributed by atoms with Crippen molar-refractivity contribution in [3.63, 3.8) is 0 Å². The van der Waals surface area contributed by atoms with Gasteiger partial charge in [0.15, 0.2) is 0 Å². The average Bonchev–Trinajstić information content (AvgIpc) is 2.54. The van der Waals surface area contributed by atoms with Crippen LogP contribution in [0.3, 0.4) is 0 Å². The molecule has 114 valence electrons. The van der Waals surface area contributed by atoms with Crippen molar-refractivity contribution in [2.75, 3.05) is 6.54 Å². The fraction of sp³-hybridized carbons (Fsp3) is 0.143. The molecule has 0 fully saturated rings. The largest absolute Gasteiger partial charge is 0.328 e. The Balaban J connectivity index is 2.42. The molecule has 0 atom stereocenters. The molecule has 0 aliphatic rings. The number of non-ortho nitro benzene ring substituents is 2. The molecule has 0 unspecified atom stereocenters. The third kappa shape index (κ3) is 2.78. The standard InChI is InChI=1S/C14H14N4O4/c15-9-14(16,10-1-5-12(6-2-10)17(19)20)11-3-7-13(8-4-11)18(21)22/h1-8H,9,15-16H2. The molecule has 0 aliphatic carbocycles. The molecular weight excluding hydrogens is 288 g/mol. The van der Waals surface area contributed by atoms with E-state index in [2.05, 4.69) is 0 Å². The van der Waals surface area contributed by atoms with Crippen LogP contribution in [-0.4, -0.2) is 16.4 Å². The quantitative estimate of drug-likeness (QED) is 0.636. The van der Waals surface area contributed by atoms with E-state index >= 15 is 0 Å². The van der Waals surface area contributed by atoms with Crippen LogP contribution in [0.25, 0.3) is 0 Å². The van der Waals surface area contributed by atoms with Crippen LogP contribution in [0.5, 0.6) is 0 Å². The van der Waals surface area contributed by atoms with Gasteiger partial charge in [0.2, 0.25) is 0 Å². The van der Waals surface area contributed by atoms with E-state index in [0.717, 1.165) is 0 Å². The molecule has 0 aromatic heterocycles. The van der Waals surface area contributed by atoms with Gasteiger partial charge in [-0.05, 0) is 35.4 Å². The van der Waals surface area contributed by atoms with Crippen molar-refractivity contribution < 1.29 is 9.85 Å². The maximum absolute atomic E-state index is 10.7. The van der Waals surface area contributed by atoms with Gasteiger partial charge in [-0.2, -0.15) is 0 Å². The molecule has 0 aliphatic heterocycles. The molecule has 8 nitrogen and oxygen atoms in total. The van der Waals surface area contributed by atoms with Gasteiger partial charge in [-0.3, -0.25) is 20.2 Å². The Bertz CT molecular complexity index is 640. The summed E-state index contributed by atoms with van der Waals surface area (Å²) in [7, 11) is 0. The van der Waals surface area contributed by atoms with Crippen LogP contribution >= 0.6 is 0 Å². The summed E-state index contributed by atoms with van der Waals surface area (Å²) in [5, 5.41) is 21.4. The normalized spacial score (nSPS) is 11.2. The van der Waals surface area contributed by atoms with Crippen LogP contribution in [-0.2, 0) is 5.54 Å². The molecule has 0 amide bonds. The lowest BCUT2D eigenvalue weighted by atomic mass is 9.83.